The van der Waals surface area contributed by atoms with Gasteiger partial charge in [0.1, 0.15) is 0 Å². The molecule has 3 rings (SSSR count). The summed E-state index contributed by atoms with van der Waals surface area (Å²) in [4.78, 5) is 25.8. The van der Waals surface area contributed by atoms with E-state index in [0.717, 1.165) is 54.3 Å². The highest BCUT2D eigenvalue weighted by atomic mass is 19.4. The van der Waals surface area contributed by atoms with Crippen LogP contribution >= 0.6 is 0 Å². The van der Waals surface area contributed by atoms with Gasteiger partial charge in [-0.05, 0) is 58.5 Å². The summed E-state index contributed by atoms with van der Waals surface area (Å²) in [6.07, 6.45) is -2.51. The van der Waals surface area contributed by atoms with Crippen LogP contribution in [0.15, 0.2) is 79.4 Å². The number of carbonyl (C=O) groups excluding carboxylic acids is 2. The van der Waals surface area contributed by atoms with Gasteiger partial charge in [0.15, 0.2) is 0 Å². The van der Waals surface area contributed by atoms with E-state index in [1.165, 1.54) is 17.0 Å². The van der Waals surface area contributed by atoms with E-state index in [2.05, 4.69) is 18.2 Å². The lowest BCUT2D eigenvalue weighted by molar-refractivity contribution is -0.151. The molecule has 0 aromatic heterocycles. The summed E-state index contributed by atoms with van der Waals surface area (Å²) >= 11 is 0. The fourth-order valence-electron chi connectivity index (χ4n) is 3.64. The van der Waals surface area contributed by atoms with Crippen molar-refractivity contribution >= 4 is 23.1 Å². The van der Waals surface area contributed by atoms with Gasteiger partial charge in [0.05, 0.1) is 19.2 Å². The molecule has 0 fully saturated rings. The van der Waals surface area contributed by atoms with Crippen LogP contribution in [-0.4, -0.2) is 19.0 Å². The van der Waals surface area contributed by atoms with E-state index in [-0.39, 0.29) is 6.54 Å². The molecule has 0 aliphatic carbocycles. The third kappa shape index (κ3) is 6.38. The second-order valence-electron chi connectivity index (χ2n) is 8.06. The molecule has 0 bridgehead atoms. The summed E-state index contributed by atoms with van der Waals surface area (Å²) in [6.45, 7) is 6.11. The van der Waals surface area contributed by atoms with Crippen molar-refractivity contribution in [2.45, 2.75) is 32.5 Å². The minimum atomic E-state index is -4.46. The van der Waals surface area contributed by atoms with Crippen molar-refractivity contribution in [3.63, 3.8) is 0 Å². The van der Waals surface area contributed by atoms with Crippen LogP contribution in [0.2, 0.25) is 0 Å². The van der Waals surface area contributed by atoms with Gasteiger partial charge in [-0.1, -0.05) is 68.5 Å². The normalized spacial score (nSPS) is 11.1. The first kappa shape index (κ1) is 25.7. The molecule has 182 valence electrons. The molecular formula is C28H26F3NO3. The Hall–Kier alpha value is -3.87. The van der Waals surface area contributed by atoms with Gasteiger partial charge < -0.3 is 4.74 Å². The number of hydrogen-bond donors (Lipinski definition) is 0. The third-order valence-corrected chi connectivity index (χ3v) is 5.58. The Morgan fingerprint density at radius 3 is 1.91 bits per heavy atom. The number of halogens is 3. The fourth-order valence-corrected chi connectivity index (χ4v) is 3.64. The molecule has 3 aromatic rings. The number of methoxy groups -OCH3 is 1. The minimum absolute atomic E-state index is 0.0976. The minimum Gasteiger partial charge on any atom is -0.462 e. The van der Waals surface area contributed by atoms with Crippen LogP contribution in [0.3, 0.4) is 0 Å². The number of anilines is 1. The van der Waals surface area contributed by atoms with Crippen LogP contribution in [0.25, 0.3) is 16.7 Å². The van der Waals surface area contributed by atoms with E-state index in [4.69, 9.17) is 0 Å². The van der Waals surface area contributed by atoms with E-state index >= 15 is 0 Å². The standard InChI is InChI=1S/C28H26F3NO3/c1-4-5-19(2)21-8-10-22(11-9-21)23-12-16-25(17-13-23)32(26(33)27(34)35-3)18-20-6-14-24(15-7-20)28(29,30)31/h6-17H,2,4-5,18H2,1,3H3. The first-order chi connectivity index (χ1) is 16.6. The lowest BCUT2D eigenvalue weighted by Gasteiger charge is -2.22. The summed E-state index contributed by atoms with van der Waals surface area (Å²) in [5.74, 6) is -1.98. The quantitative estimate of drug-likeness (QED) is 0.273. The second-order valence-corrected chi connectivity index (χ2v) is 8.06. The highest BCUT2D eigenvalue weighted by molar-refractivity contribution is 6.38. The van der Waals surface area contributed by atoms with Gasteiger partial charge in [-0.25, -0.2) is 4.79 Å². The van der Waals surface area contributed by atoms with Crippen LogP contribution in [0, 0.1) is 0 Å². The number of nitrogens with zero attached hydrogens (tertiary/aromatic N) is 1. The number of benzene rings is 3. The predicted octanol–water partition coefficient (Wildman–Crippen LogP) is 6.89. The molecule has 0 unspecified atom stereocenters. The first-order valence-corrected chi connectivity index (χ1v) is 11.1. The molecule has 0 N–H and O–H groups in total. The molecule has 0 saturated carbocycles. The maximum absolute atomic E-state index is 12.9. The number of alkyl halides is 3. The molecule has 35 heavy (non-hydrogen) atoms. The van der Waals surface area contributed by atoms with Crippen LogP contribution in [0.5, 0.6) is 0 Å². The van der Waals surface area contributed by atoms with Gasteiger partial charge in [-0.2, -0.15) is 13.2 Å². The Bertz CT molecular complexity index is 1180. The summed E-state index contributed by atoms with van der Waals surface area (Å²) < 4.78 is 43.2. The van der Waals surface area contributed by atoms with E-state index in [0.29, 0.717) is 11.3 Å². The number of carbonyl (C=O) groups is 2. The van der Waals surface area contributed by atoms with Crippen molar-refractivity contribution < 1.29 is 27.5 Å². The predicted molar refractivity (Wildman–Crippen MR) is 130 cm³/mol. The first-order valence-electron chi connectivity index (χ1n) is 11.1. The van der Waals surface area contributed by atoms with E-state index in [1.807, 2.05) is 36.4 Å². The Morgan fingerprint density at radius 2 is 1.43 bits per heavy atom. The summed E-state index contributed by atoms with van der Waals surface area (Å²) in [5.41, 5.74) is 4.09. The lowest BCUT2D eigenvalue weighted by atomic mass is 9.99. The van der Waals surface area contributed by atoms with Crippen LogP contribution in [0.4, 0.5) is 18.9 Å². The average molecular weight is 482 g/mol. The third-order valence-electron chi connectivity index (χ3n) is 5.58. The second kappa shape index (κ2) is 11.0. The average Bonchev–Trinajstić information content (AvgIpc) is 2.86. The zero-order valence-corrected chi connectivity index (χ0v) is 19.6. The molecule has 4 nitrogen and oxygen atoms in total. The van der Waals surface area contributed by atoms with Gasteiger partial charge in [-0.3, -0.25) is 9.69 Å². The van der Waals surface area contributed by atoms with E-state index in [1.54, 1.807) is 12.1 Å². The summed E-state index contributed by atoms with van der Waals surface area (Å²) in [6, 6.07) is 19.5. The van der Waals surface area contributed by atoms with E-state index in [9.17, 15) is 22.8 Å². The van der Waals surface area contributed by atoms with Crippen molar-refractivity contribution in [3.05, 3.63) is 96.1 Å². The zero-order valence-electron chi connectivity index (χ0n) is 19.6. The van der Waals surface area contributed by atoms with Crippen molar-refractivity contribution in [3.8, 4) is 11.1 Å². The molecule has 0 aliphatic rings. The maximum Gasteiger partial charge on any atom is 0.416 e. The Labute approximate surface area is 202 Å². The number of amides is 1. The SMILES string of the molecule is C=C(CCC)c1ccc(-c2ccc(N(Cc3ccc(C(F)(F)F)cc3)C(=O)C(=O)OC)cc2)cc1. The van der Waals surface area contributed by atoms with Crippen molar-refractivity contribution in [2.24, 2.45) is 0 Å². The van der Waals surface area contributed by atoms with Gasteiger partial charge in [0, 0.05) is 5.69 Å². The highest BCUT2D eigenvalue weighted by Crippen LogP contribution is 2.30. The number of allylic oxidation sites excluding steroid dienone is 1. The monoisotopic (exact) mass is 481 g/mol. The van der Waals surface area contributed by atoms with Crippen LogP contribution in [-0.2, 0) is 27.0 Å². The highest BCUT2D eigenvalue weighted by Gasteiger charge is 2.30. The topological polar surface area (TPSA) is 46.6 Å². The van der Waals surface area contributed by atoms with Crippen molar-refractivity contribution in [1.82, 2.24) is 0 Å². The molecule has 0 saturated heterocycles. The molecular weight excluding hydrogens is 455 g/mol. The Kier molecular flexibility index (Phi) is 8.12. The molecule has 7 heteroatoms. The molecule has 0 spiro atoms. The smallest absolute Gasteiger partial charge is 0.416 e. The molecule has 1 amide bonds. The fraction of sp³-hybridized carbons (Fsp3) is 0.214. The molecule has 0 radical (unpaired) electrons. The molecule has 0 atom stereocenters. The molecule has 0 heterocycles. The largest absolute Gasteiger partial charge is 0.462 e. The number of hydrogen-bond acceptors (Lipinski definition) is 3. The van der Waals surface area contributed by atoms with Gasteiger partial charge in [0.2, 0.25) is 0 Å². The van der Waals surface area contributed by atoms with Gasteiger partial charge in [0.25, 0.3) is 0 Å². The van der Waals surface area contributed by atoms with Crippen molar-refractivity contribution in [2.75, 3.05) is 12.0 Å². The summed E-state index contributed by atoms with van der Waals surface area (Å²) in [5, 5.41) is 0. The van der Waals surface area contributed by atoms with Crippen LogP contribution < -0.4 is 4.90 Å². The molecule has 0 aliphatic heterocycles. The molecule has 3 aromatic carbocycles. The zero-order chi connectivity index (χ0) is 25.6. The van der Waals surface area contributed by atoms with Gasteiger partial charge in [-0.15, -0.1) is 0 Å². The Balaban J connectivity index is 1.85. The maximum atomic E-state index is 12.9. The summed E-state index contributed by atoms with van der Waals surface area (Å²) in [7, 11) is 1.10. The lowest BCUT2D eigenvalue weighted by Crippen LogP contribution is -2.36. The Morgan fingerprint density at radius 1 is 0.886 bits per heavy atom. The van der Waals surface area contributed by atoms with E-state index < -0.39 is 23.6 Å². The van der Waals surface area contributed by atoms with Crippen molar-refractivity contribution in [1.29, 1.82) is 0 Å². The number of esters is 1. The number of ether oxygens (including phenoxy) is 1. The van der Waals surface area contributed by atoms with Gasteiger partial charge >= 0.3 is 18.1 Å². The van der Waals surface area contributed by atoms with Crippen LogP contribution in [0.1, 0.15) is 36.5 Å². The number of rotatable bonds is 7.